The molecule has 1 heterocycles. The SMILES string of the molecule is CC(C)(C#N)C(=O)NCC(C)(C)c1ccncc1. The summed E-state index contributed by atoms with van der Waals surface area (Å²) in [4.78, 5) is 15.8. The predicted molar refractivity (Wildman–Crippen MR) is 69.7 cm³/mol. The van der Waals surface area contributed by atoms with Crippen LogP contribution in [0, 0.1) is 16.7 Å². The van der Waals surface area contributed by atoms with Gasteiger partial charge in [0.05, 0.1) is 6.07 Å². The molecule has 0 unspecified atom stereocenters. The molecule has 96 valence electrons. The fourth-order valence-corrected chi connectivity index (χ4v) is 1.48. The molecule has 0 saturated heterocycles. The van der Waals surface area contributed by atoms with Gasteiger partial charge >= 0.3 is 0 Å². The Hall–Kier alpha value is -1.89. The van der Waals surface area contributed by atoms with Gasteiger partial charge in [-0.2, -0.15) is 5.26 Å². The van der Waals surface area contributed by atoms with Crippen molar-refractivity contribution < 1.29 is 4.79 Å². The van der Waals surface area contributed by atoms with Gasteiger partial charge in [0.25, 0.3) is 0 Å². The van der Waals surface area contributed by atoms with E-state index in [1.54, 1.807) is 26.2 Å². The highest BCUT2D eigenvalue weighted by molar-refractivity contribution is 5.84. The average molecular weight is 245 g/mol. The normalized spacial score (nSPS) is 11.7. The minimum Gasteiger partial charge on any atom is -0.354 e. The van der Waals surface area contributed by atoms with Crippen molar-refractivity contribution in [2.75, 3.05) is 6.54 Å². The van der Waals surface area contributed by atoms with Gasteiger partial charge in [0.1, 0.15) is 5.41 Å². The molecule has 0 spiro atoms. The summed E-state index contributed by atoms with van der Waals surface area (Å²) in [5.74, 6) is -0.243. The third kappa shape index (κ3) is 3.30. The number of carbonyl (C=O) groups is 1. The van der Waals surface area contributed by atoms with Gasteiger partial charge in [-0.1, -0.05) is 13.8 Å². The highest BCUT2D eigenvalue weighted by atomic mass is 16.2. The molecule has 18 heavy (non-hydrogen) atoms. The highest BCUT2D eigenvalue weighted by Crippen LogP contribution is 2.22. The van der Waals surface area contributed by atoms with Gasteiger partial charge < -0.3 is 5.32 Å². The Kier molecular flexibility index (Phi) is 4.07. The molecule has 0 aromatic carbocycles. The second-order valence-corrected chi connectivity index (χ2v) is 5.54. The number of nitrogens with zero attached hydrogens (tertiary/aromatic N) is 2. The van der Waals surface area contributed by atoms with Crippen LogP contribution in [0.25, 0.3) is 0 Å². The molecule has 0 saturated carbocycles. The Morgan fingerprint density at radius 1 is 1.33 bits per heavy atom. The zero-order valence-electron chi connectivity index (χ0n) is 11.3. The number of carbonyl (C=O) groups excluding carboxylic acids is 1. The maximum atomic E-state index is 11.8. The van der Waals surface area contributed by atoms with E-state index in [2.05, 4.69) is 10.3 Å². The molecule has 1 amide bonds. The van der Waals surface area contributed by atoms with Crippen molar-refractivity contribution in [3.8, 4) is 6.07 Å². The number of hydrogen-bond donors (Lipinski definition) is 1. The molecule has 0 bridgehead atoms. The second kappa shape index (κ2) is 5.18. The summed E-state index contributed by atoms with van der Waals surface area (Å²) in [7, 11) is 0. The quantitative estimate of drug-likeness (QED) is 0.882. The van der Waals surface area contributed by atoms with Crippen LogP contribution >= 0.6 is 0 Å². The van der Waals surface area contributed by atoms with Crippen molar-refractivity contribution in [2.24, 2.45) is 5.41 Å². The fraction of sp³-hybridized carbons (Fsp3) is 0.500. The lowest BCUT2D eigenvalue weighted by atomic mass is 9.84. The molecule has 0 radical (unpaired) electrons. The number of nitriles is 1. The van der Waals surface area contributed by atoms with E-state index in [1.165, 1.54) is 0 Å². The molecule has 1 rings (SSSR count). The van der Waals surface area contributed by atoms with Crippen LogP contribution in [0.4, 0.5) is 0 Å². The number of hydrogen-bond acceptors (Lipinski definition) is 3. The van der Waals surface area contributed by atoms with Gasteiger partial charge in [-0.15, -0.1) is 0 Å². The van der Waals surface area contributed by atoms with Crippen molar-refractivity contribution in [2.45, 2.75) is 33.1 Å². The first-order valence-electron chi connectivity index (χ1n) is 5.90. The smallest absolute Gasteiger partial charge is 0.239 e. The lowest BCUT2D eigenvalue weighted by Gasteiger charge is -2.27. The highest BCUT2D eigenvalue weighted by Gasteiger charge is 2.29. The molecular weight excluding hydrogens is 226 g/mol. The Labute approximate surface area is 108 Å². The van der Waals surface area contributed by atoms with Crippen LogP contribution < -0.4 is 5.32 Å². The van der Waals surface area contributed by atoms with Crippen LogP contribution in [0.1, 0.15) is 33.3 Å². The van der Waals surface area contributed by atoms with Gasteiger partial charge in [0.15, 0.2) is 0 Å². The van der Waals surface area contributed by atoms with E-state index >= 15 is 0 Å². The lowest BCUT2D eigenvalue weighted by Crippen LogP contribution is -2.42. The van der Waals surface area contributed by atoms with Gasteiger partial charge in [-0.3, -0.25) is 9.78 Å². The van der Waals surface area contributed by atoms with E-state index in [9.17, 15) is 4.79 Å². The van der Waals surface area contributed by atoms with E-state index in [-0.39, 0.29) is 11.3 Å². The van der Waals surface area contributed by atoms with Crippen LogP contribution in [0.2, 0.25) is 0 Å². The Bertz CT molecular complexity index is 458. The van der Waals surface area contributed by atoms with E-state index in [0.29, 0.717) is 6.54 Å². The number of amides is 1. The van der Waals surface area contributed by atoms with Crippen molar-refractivity contribution in [3.05, 3.63) is 30.1 Å². The first kappa shape index (κ1) is 14.2. The second-order valence-electron chi connectivity index (χ2n) is 5.54. The summed E-state index contributed by atoms with van der Waals surface area (Å²) in [5.41, 5.74) is -0.0779. The van der Waals surface area contributed by atoms with Gasteiger partial charge in [0, 0.05) is 24.4 Å². The third-order valence-electron chi connectivity index (χ3n) is 3.00. The first-order chi connectivity index (χ1) is 8.29. The van der Waals surface area contributed by atoms with E-state index < -0.39 is 5.41 Å². The van der Waals surface area contributed by atoms with Crippen LogP contribution in [0.5, 0.6) is 0 Å². The first-order valence-corrected chi connectivity index (χ1v) is 5.90. The molecule has 1 N–H and O–H groups in total. The average Bonchev–Trinajstić information content (AvgIpc) is 2.37. The summed E-state index contributed by atoms with van der Waals surface area (Å²) in [6.45, 7) is 7.80. The van der Waals surface area contributed by atoms with Crippen LogP contribution in [-0.2, 0) is 10.2 Å². The minimum absolute atomic E-state index is 0.190. The number of nitrogens with one attached hydrogen (secondary N) is 1. The number of pyridine rings is 1. The van der Waals surface area contributed by atoms with Crippen LogP contribution in [0.3, 0.4) is 0 Å². The summed E-state index contributed by atoms with van der Waals surface area (Å²) < 4.78 is 0. The molecule has 0 aliphatic carbocycles. The standard InChI is InChI=1S/C14H19N3O/c1-13(2,9-15)12(18)17-10-14(3,4)11-5-7-16-8-6-11/h5-8H,10H2,1-4H3,(H,17,18). The number of aromatic nitrogens is 1. The molecule has 4 heteroatoms. The number of rotatable bonds is 4. The van der Waals surface area contributed by atoms with Gasteiger partial charge in [-0.25, -0.2) is 0 Å². The fourth-order valence-electron chi connectivity index (χ4n) is 1.48. The zero-order chi connectivity index (χ0) is 13.8. The van der Waals surface area contributed by atoms with E-state index in [4.69, 9.17) is 5.26 Å². The van der Waals surface area contributed by atoms with Crippen LogP contribution in [-0.4, -0.2) is 17.4 Å². The van der Waals surface area contributed by atoms with Crippen LogP contribution in [0.15, 0.2) is 24.5 Å². The summed E-state index contributed by atoms with van der Waals surface area (Å²) >= 11 is 0. The molecule has 1 aromatic rings. The van der Waals surface area contributed by atoms with Crippen molar-refractivity contribution in [3.63, 3.8) is 0 Å². The van der Waals surface area contributed by atoms with Gasteiger partial charge in [0.2, 0.25) is 5.91 Å². The summed E-state index contributed by atoms with van der Waals surface area (Å²) in [5, 5.41) is 11.7. The lowest BCUT2D eigenvalue weighted by molar-refractivity contribution is -0.127. The summed E-state index contributed by atoms with van der Waals surface area (Å²) in [6.07, 6.45) is 3.47. The molecule has 0 atom stereocenters. The van der Waals surface area contributed by atoms with Crippen molar-refractivity contribution >= 4 is 5.91 Å². The molecule has 0 fully saturated rings. The van der Waals surface area contributed by atoms with E-state index in [1.807, 2.05) is 32.0 Å². The van der Waals surface area contributed by atoms with E-state index in [0.717, 1.165) is 5.56 Å². The Balaban J connectivity index is 2.70. The maximum Gasteiger partial charge on any atom is 0.239 e. The molecule has 0 aliphatic heterocycles. The van der Waals surface area contributed by atoms with Gasteiger partial charge in [-0.05, 0) is 31.5 Å². The molecular formula is C14H19N3O. The minimum atomic E-state index is -0.992. The molecule has 1 aromatic heterocycles. The van der Waals surface area contributed by atoms with Crippen molar-refractivity contribution in [1.29, 1.82) is 5.26 Å². The molecule has 0 aliphatic rings. The zero-order valence-corrected chi connectivity index (χ0v) is 11.3. The van der Waals surface area contributed by atoms with Crippen molar-refractivity contribution in [1.82, 2.24) is 10.3 Å². The summed E-state index contributed by atoms with van der Waals surface area (Å²) in [6, 6.07) is 5.86. The Morgan fingerprint density at radius 2 is 1.89 bits per heavy atom. The third-order valence-corrected chi connectivity index (χ3v) is 3.00. The topological polar surface area (TPSA) is 65.8 Å². The molecule has 4 nitrogen and oxygen atoms in total. The predicted octanol–water partition coefficient (Wildman–Crippen LogP) is 2.03. The largest absolute Gasteiger partial charge is 0.354 e. The maximum absolute atomic E-state index is 11.8. The Morgan fingerprint density at radius 3 is 2.39 bits per heavy atom. The monoisotopic (exact) mass is 245 g/mol.